The van der Waals surface area contributed by atoms with E-state index in [9.17, 15) is 12.8 Å². The van der Waals surface area contributed by atoms with Gasteiger partial charge in [-0.15, -0.1) is 21.5 Å². The van der Waals surface area contributed by atoms with Crippen LogP contribution in [-0.2, 0) is 15.6 Å². The van der Waals surface area contributed by atoms with Gasteiger partial charge in [0, 0.05) is 18.8 Å². The van der Waals surface area contributed by atoms with Crippen LogP contribution in [-0.4, -0.2) is 46.7 Å². The van der Waals surface area contributed by atoms with Crippen LogP contribution in [0.4, 0.5) is 4.39 Å². The molecule has 1 atom stereocenters. The first-order valence-corrected chi connectivity index (χ1v) is 10.5. The van der Waals surface area contributed by atoms with Crippen LogP contribution in [0.5, 0.6) is 0 Å². The number of hydrogen-bond donors (Lipinski definition) is 1. The molecule has 12 heteroatoms. The lowest BCUT2D eigenvalue weighted by Crippen LogP contribution is -2.50. The Labute approximate surface area is 163 Å². The number of guanidine groups is 1. The van der Waals surface area contributed by atoms with E-state index in [2.05, 4.69) is 20.2 Å². The second-order valence-corrected chi connectivity index (χ2v) is 9.50. The third-order valence-corrected chi connectivity index (χ3v) is 7.57. The van der Waals surface area contributed by atoms with Crippen LogP contribution in [0.15, 0.2) is 40.2 Å². The van der Waals surface area contributed by atoms with Gasteiger partial charge in [-0.25, -0.2) is 27.1 Å². The molecule has 0 amide bonds. The number of benzene rings is 1. The maximum atomic E-state index is 14.1. The summed E-state index contributed by atoms with van der Waals surface area (Å²) in [5.74, 6) is -0.650. The van der Waals surface area contributed by atoms with Crippen molar-refractivity contribution in [3.8, 4) is 21.9 Å². The SMILES string of the molecule is CN1C(N)=N[C@](C)(c2ncc(-c3cc(F)cc(-c4nnco4)c3)s2)CS1(=O)=O. The lowest BCUT2D eigenvalue weighted by molar-refractivity contribution is 0.475. The molecule has 3 heterocycles. The molecule has 4 rings (SSSR count). The Morgan fingerprint density at radius 3 is 2.75 bits per heavy atom. The minimum atomic E-state index is -3.61. The van der Waals surface area contributed by atoms with Gasteiger partial charge in [-0.05, 0) is 30.7 Å². The minimum absolute atomic E-state index is 0.102. The zero-order valence-electron chi connectivity index (χ0n) is 14.8. The van der Waals surface area contributed by atoms with Crippen LogP contribution in [0.2, 0.25) is 0 Å². The number of nitrogens with two attached hydrogens (primary N) is 1. The number of hydrogen-bond acceptors (Lipinski definition) is 9. The molecular weight excluding hydrogens is 407 g/mol. The van der Waals surface area contributed by atoms with Gasteiger partial charge in [0.2, 0.25) is 28.3 Å². The van der Waals surface area contributed by atoms with Crippen molar-refractivity contribution in [2.75, 3.05) is 12.8 Å². The number of rotatable bonds is 3. The van der Waals surface area contributed by atoms with E-state index in [0.29, 0.717) is 21.0 Å². The zero-order chi connectivity index (χ0) is 20.1. The molecule has 3 aromatic rings. The van der Waals surface area contributed by atoms with Crippen LogP contribution in [0, 0.1) is 5.82 Å². The molecule has 0 saturated carbocycles. The van der Waals surface area contributed by atoms with E-state index in [-0.39, 0.29) is 17.6 Å². The van der Waals surface area contributed by atoms with Crippen molar-refractivity contribution in [1.29, 1.82) is 0 Å². The van der Waals surface area contributed by atoms with Crippen molar-refractivity contribution < 1.29 is 17.2 Å². The first-order chi connectivity index (χ1) is 13.2. The van der Waals surface area contributed by atoms with Gasteiger partial charge in [-0.1, -0.05) is 0 Å². The van der Waals surface area contributed by atoms with E-state index in [4.69, 9.17) is 10.2 Å². The Morgan fingerprint density at radius 1 is 1.32 bits per heavy atom. The Balaban J connectivity index is 1.75. The normalized spacial score (nSPS) is 21.5. The molecule has 2 N–H and O–H groups in total. The number of sulfonamides is 1. The molecule has 2 aromatic heterocycles. The summed E-state index contributed by atoms with van der Waals surface area (Å²) in [6, 6.07) is 4.33. The van der Waals surface area contributed by atoms with Crippen LogP contribution in [0.3, 0.4) is 0 Å². The average Bonchev–Trinajstić information content (AvgIpc) is 3.31. The van der Waals surface area contributed by atoms with Gasteiger partial charge in [0.25, 0.3) is 0 Å². The van der Waals surface area contributed by atoms with Gasteiger partial charge < -0.3 is 10.2 Å². The standard InChI is InChI=1S/C16H15FN6O3S2/c1-16(7-28(24,25)23(2)15(18)21-16)14-19-6-12(27-14)9-3-10(5-11(17)4-9)13-22-20-8-26-13/h3-6,8H,7H2,1-2H3,(H2,18,21)/t16-/m0/s1. The molecule has 0 radical (unpaired) electrons. The molecule has 0 aliphatic carbocycles. The zero-order valence-corrected chi connectivity index (χ0v) is 16.5. The molecule has 28 heavy (non-hydrogen) atoms. The topological polar surface area (TPSA) is 128 Å². The maximum absolute atomic E-state index is 14.1. The van der Waals surface area contributed by atoms with Crippen molar-refractivity contribution in [3.05, 3.63) is 41.6 Å². The van der Waals surface area contributed by atoms with E-state index < -0.39 is 21.4 Å². The molecule has 1 aliphatic rings. The molecule has 1 aliphatic heterocycles. The van der Waals surface area contributed by atoms with Gasteiger partial charge in [0.05, 0.1) is 4.88 Å². The molecule has 0 spiro atoms. The van der Waals surface area contributed by atoms with Gasteiger partial charge in [0.15, 0.2) is 0 Å². The van der Waals surface area contributed by atoms with E-state index in [1.807, 2.05) is 0 Å². The first-order valence-electron chi connectivity index (χ1n) is 8.04. The number of nitrogens with zero attached hydrogens (tertiary/aromatic N) is 5. The number of thiazole rings is 1. The fourth-order valence-corrected chi connectivity index (χ4v) is 5.39. The van der Waals surface area contributed by atoms with Gasteiger partial charge in [-0.2, -0.15) is 0 Å². The minimum Gasteiger partial charge on any atom is -0.423 e. The van der Waals surface area contributed by atoms with Crippen molar-refractivity contribution >= 4 is 27.3 Å². The predicted octanol–water partition coefficient (Wildman–Crippen LogP) is 1.80. The van der Waals surface area contributed by atoms with Crippen molar-refractivity contribution in [1.82, 2.24) is 19.5 Å². The lowest BCUT2D eigenvalue weighted by atomic mass is 10.1. The second kappa shape index (κ2) is 6.34. The Morgan fingerprint density at radius 2 is 2.07 bits per heavy atom. The van der Waals surface area contributed by atoms with E-state index in [0.717, 1.165) is 10.7 Å². The molecule has 0 saturated heterocycles. The Kier molecular flexibility index (Phi) is 4.19. The van der Waals surface area contributed by atoms with Crippen LogP contribution < -0.4 is 5.73 Å². The van der Waals surface area contributed by atoms with Crippen molar-refractivity contribution in [2.24, 2.45) is 10.7 Å². The van der Waals surface area contributed by atoms with E-state index >= 15 is 0 Å². The van der Waals surface area contributed by atoms with Crippen LogP contribution in [0.25, 0.3) is 21.9 Å². The molecule has 1 aromatic carbocycles. The lowest BCUT2D eigenvalue weighted by Gasteiger charge is -2.32. The third kappa shape index (κ3) is 3.14. The Hall–Kier alpha value is -2.86. The fraction of sp³-hybridized carbons (Fsp3) is 0.250. The quantitative estimate of drug-likeness (QED) is 0.682. The molecule has 146 valence electrons. The summed E-state index contributed by atoms with van der Waals surface area (Å²) in [5.41, 5.74) is 5.63. The summed E-state index contributed by atoms with van der Waals surface area (Å²) in [6.45, 7) is 1.66. The molecule has 9 nitrogen and oxygen atoms in total. The number of aliphatic imine (C=N–C) groups is 1. The van der Waals surface area contributed by atoms with Crippen molar-refractivity contribution in [3.63, 3.8) is 0 Å². The fourth-order valence-electron chi connectivity index (χ4n) is 2.87. The average molecular weight is 422 g/mol. The molecular formula is C16H15FN6O3S2. The molecule has 0 unspecified atom stereocenters. The summed E-state index contributed by atoms with van der Waals surface area (Å²) in [4.78, 5) is 9.30. The smallest absolute Gasteiger partial charge is 0.247 e. The largest absolute Gasteiger partial charge is 0.423 e. The molecule has 0 fully saturated rings. The highest BCUT2D eigenvalue weighted by Crippen LogP contribution is 2.38. The Bertz CT molecular complexity index is 1170. The summed E-state index contributed by atoms with van der Waals surface area (Å²) >= 11 is 1.22. The van der Waals surface area contributed by atoms with Gasteiger partial charge in [0.1, 0.15) is 22.1 Å². The predicted molar refractivity (Wildman–Crippen MR) is 101 cm³/mol. The highest BCUT2D eigenvalue weighted by Gasteiger charge is 2.42. The first kappa shape index (κ1) is 18.5. The second-order valence-electron chi connectivity index (χ2n) is 6.47. The van der Waals surface area contributed by atoms with E-state index in [1.165, 1.54) is 30.5 Å². The summed E-state index contributed by atoms with van der Waals surface area (Å²) in [5, 5.41) is 7.84. The monoisotopic (exact) mass is 422 g/mol. The van der Waals surface area contributed by atoms with Gasteiger partial charge >= 0.3 is 0 Å². The number of halogens is 1. The highest BCUT2D eigenvalue weighted by molar-refractivity contribution is 7.89. The van der Waals surface area contributed by atoms with Crippen molar-refractivity contribution in [2.45, 2.75) is 12.5 Å². The van der Waals surface area contributed by atoms with Crippen LogP contribution in [0.1, 0.15) is 11.9 Å². The van der Waals surface area contributed by atoms with Gasteiger partial charge in [-0.3, -0.25) is 0 Å². The van der Waals surface area contributed by atoms with E-state index in [1.54, 1.807) is 19.2 Å². The maximum Gasteiger partial charge on any atom is 0.247 e. The number of aromatic nitrogens is 3. The molecule has 0 bridgehead atoms. The third-order valence-electron chi connectivity index (χ3n) is 4.32. The summed E-state index contributed by atoms with van der Waals surface area (Å²) < 4.78 is 44.9. The highest BCUT2D eigenvalue weighted by atomic mass is 32.2. The van der Waals surface area contributed by atoms with Crippen LogP contribution >= 0.6 is 11.3 Å². The summed E-state index contributed by atoms with van der Waals surface area (Å²) in [6.07, 6.45) is 2.71. The summed E-state index contributed by atoms with van der Waals surface area (Å²) in [7, 11) is -2.25.